The molecule has 5 aromatic rings. The highest BCUT2D eigenvalue weighted by Gasteiger charge is 2.21. The molecule has 2 amide bonds. The van der Waals surface area contributed by atoms with E-state index in [9.17, 15) is 14.4 Å². The van der Waals surface area contributed by atoms with Gasteiger partial charge in [0.05, 0.1) is 18.4 Å². The number of anilines is 2. The molecule has 2 N–H and O–H groups in total. The number of benzene rings is 4. The summed E-state index contributed by atoms with van der Waals surface area (Å²) in [4.78, 5) is 38.2. The molecule has 9 nitrogen and oxygen atoms in total. The van der Waals surface area contributed by atoms with Gasteiger partial charge in [-0.05, 0) is 54.3 Å². The number of amides is 2. The number of nitrogens with zero attached hydrogens (tertiary/aromatic N) is 2. The van der Waals surface area contributed by atoms with Crippen LogP contribution in [-0.2, 0) is 11.8 Å². The molecule has 4 aromatic carbocycles. The third kappa shape index (κ3) is 5.25. The quantitative estimate of drug-likeness (QED) is 0.220. The second-order valence-corrected chi connectivity index (χ2v) is 9.37. The lowest BCUT2D eigenvalue weighted by Crippen LogP contribution is -2.33. The lowest BCUT2D eigenvalue weighted by Gasteiger charge is -2.14. The van der Waals surface area contributed by atoms with Crippen molar-refractivity contribution in [1.29, 1.82) is 0 Å². The topological polar surface area (TPSA) is 104 Å². The third-order valence-corrected chi connectivity index (χ3v) is 6.82. The van der Waals surface area contributed by atoms with Crippen LogP contribution in [0.1, 0.15) is 5.69 Å². The van der Waals surface area contributed by atoms with Crippen LogP contribution in [0.5, 0.6) is 17.2 Å². The molecule has 0 radical (unpaired) electrons. The van der Waals surface area contributed by atoms with E-state index in [-0.39, 0.29) is 11.4 Å². The average Bonchev–Trinajstić information content (AvgIpc) is 3.21. The summed E-state index contributed by atoms with van der Waals surface area (Å²) in [5.74, 6) is -0.479. The summed E-state index contributed by atoms with van der Waals surface area (Å²) in [7, 11) is 3.09. The van der Waals surface area contributed by atoms with E-state index in [1.54, 1.807) is 50.4 Å². The van der Waals surface area contributed by atoms with Crippen molar-refractivity contribution in [1.82, 2.24) is 9.36 Å². The number of fused-ring (bicyclic) bond motifs is 1. The lowest BCUT2D eigenvalue weighted by molar-refractivity contribution is -0.111. The van der Waals surface area contributed by atoms with Crippen molar-refractivity contribution in [2.75, 3.05) is 17.7 Å². The summed E-state index contributed by atoms with van der Waals surface area (Å²) >= 11 is 0. The number of halogens is 1. The Hall–Kier alpha value is -5.64. The van der Waals surface area contributed by atoms with Crippen LogP contribution in [0.25, 0.3) is 21.9 Å². The van der Waals surface area contributed by atoms with Crippen molar-refractivity contribution in [3.8, 4) is 28.4 Å². The average molecular weight is 567 g/mol. The van der Waals surface area contributed by atoms with E-state index >= 15 is 4.39 Å². The first-order valence-electron chi connectivity index (χ1n) is 12.9. The van der Waals surface area contributed by atoms with Gasteiger partial charge in [0.1, 0.15) is 11.5 Å². The molecule has 0 aliphatic rings. The van der Waals surface area contributed by atoms with E-state index < -0.39 is 23.3 Å². The summed E-state index contributed by atoms with van der Waals surface area (Å²) in [5, 5.41) is 6.61. The molecular weight excluding hydrogens is 539 g/mol. The van der Waals surface area contributed by atoms with Crippen molar-refractivity contribution in [3.63, 3.8) is 0 Å². The van der Waals surface area contributed by atoms with Gasteiger partial charge in [-0.15, -0.1) is 0 Å². The van der Waals surface area contributed by atoms with Gasteiger partial charge in [0.15, 0.2) is 11.6 Å². The number of nitrogens with one attached hydrogen (secondary N) is 2. The molecule has 212 valence electrons. The van der Waals surface area contributed by atoms with Crippen LogP contribution in [0.15, 0.2) is 96.3 Å². The van der Waals surface area contributed by atoms with Gasteiger partial charge < -0.3 is 20.1 Å². The minimum absolute atomic E-state index is 0.0914. The van der Waals surface area contributed by atoms with Gasteiger partial charge in [-0.2, -0.15) is 4.68 Å². The molecule has 0 fully saturated rings. The van der Waals surface area contributed by atoms with Crippen LogP contribution in [0.4, 0.5) is 20.6 Å². The number of hydrogen-bond donors (Lipinski definition) is 2. The normalized spacial score (nSPS) is 10.8. The van der Waals surface area contributed by atoms with Gasteiger partial charge in [0.25, 0.3) is 5.56 Å². The van der Waals surface area contributed by atoms with E-state index in [1.165, 1.54) is 23.9 Å². The minimum Gasteiger partial charge on any atom is -0.495 e. The second-order valence-electron chi connectivity index (χ2n) is 9.37. The van der Waals surface area contributed by atoms with Gasteiger partial charge >= 0.3 is 6.03 Å². The van der Waals surface area contributed by atoms with E-state index in [0.717, 1.165) is 22.2 Å². The molecule has 0 unspecified atom stereocenters. The summed E-state index contributed by atoms with van der Waals surface area (Å²) in [6, 6.07) is 20.9. The maximum atomic E-state index is 15.2. The fourth-order valence-corrected chi connectivity index (χ4v) is 4.65. The van der Waals surface area contributed by atoms with E-state index in [2.05, 4.69) is 17.2 Å². The molecule has 0 aliphatic heterocycles. The highest BCUT2D eigenvalue weighted by Crippen LogP contribution is 2.37. The molecular formula is C32H27FN4O5. The fourth-order valence-electron chi connectivity index (χ4n) is 4.65. The smallest absolute Gasteiger partial charge is 0.348 e. The van der Waals surface area contributed by atoms with Crippen LogP contribution >= 0.6 is 0 Å². The highest BCUT2D eigenvalue weighted by molar-refractivity contribution is 6.03. The SMILES string of the molecule is C=CC(=O)Nc1cc2c(Oc3ccc(NC(=O)n4c(=O)c(-c5ccccc5)c(C)n4C)cc3F)cccc2cc1OC. The molecule has 0 saturated carbocycles. The maximum Gasteiger partial charge on any atom is 0.348 e. The summed E-state index contributed by atoms with van der Waals surface area (Å²) < 4.78 is 28.9. The number of hydrogen-bond acceptors (Lipinski definition) is 5. The molecule has 0 saturated heterocycles. The van der Waals surface area contributed by atoms with Gasteiger partial charge in [0.2, 0.25) is 5.91 Å². The van der Waals surface area contributed by atoms with Crippen molar-refractivity contribution in [2.45, 2.75) is 6.92 Å². The van der Waals surface area contributed by atoms with Gasteiger partial charge in [-0.1, -0.05) is 49.0 Å². The van der Waals surface area contributed by atoms with Crippen LogP contribution in [0.3, 0.4) is 0 Å². The zero-order chi connectivity index (χ0) is 30.0. The fraction of sp³-hybridized carbons (Fsp3) is 0.0938. The summed E-state index contributed by atoms with van der Waals surface area (Å²) in [6.45, 7) is 5.21. The van der Waals surface area contributed by atoms with Crippen LogP contribution in [0, 0.1) is 12.7 Å². The molecule has 1 heterocycles. The van der Waals surface area contributed by atoms with Gasteiger partial charge in [0, 0.05) is 29.9 Å². The van der Waals surface area contributed by atoms with Gasteiger partial charge in [-0.25, -0.2) is 9.18 Å². The van der Waals surface area contributed by atoms with E-state index in [4.69, 9.17) is 9.47 Å². The monoisotopic (exact) mass is 566 g/mol. The molecule has 0 aliphatic carbocycles. The summed E-state index contributed by atoms with van der Waals surface area (Å²) in [6.07, 6.45) is 1.14. The Labute approximate surface area is 240 Å². The second kappa shape index (κ2) is 11.5. The first kappa shape index (κ1) is 27.9. The van der Waals surface area contributed by atoms with E-state index in [1.807, 2.05) is 24.3 Å². The molecule has 0 spiro atoms. The van der Waals surface area contributed by atoms with E-state index in [0.29, 0.717) is 39.4 Å². The molecule has 10 heteroatoms. The van der Waals surface area contributed by atoms with Crippen molar-refractivity contribution in [2.24, 2.45) is 7.05 Å². The predicted octanol–water partition coefficient (Wildman–Crippen LogP) is 6.46. The molecule has 0 bridgehead atoms. The number of methoxy groups -OCH3 is 1. The highest BCUT2D eigenvalue weighted by atomic mass is 19.1. The standard InChI is InChI=1S/C32H27FN4O5/c1-5-29(38)35-25-18-23-21(16-28(25)41-4)12-9-13-26(23)42-27-15-14-22(17-24(27)33)34-32(40)37-31(39)30(19(2)36(37)3)20-10-7-6-8-11-20/h5-18H,1H2,2-4H3,(H,34,40)(H,35,38). The van der Waals surface area contributed by atoms with Crippen molar-refractivity contribution < 1.29 is 23.5 Å². The Morgan fingerprint density at radius 3 is 2.38 bits per heavy atom. The van der Waals surface area contributed by atoms with Gasteiger partial charge in [-0.3, -0.25) is 14.3 Å². The Kier molecular flexibility index (Phi) is 7.61. The maximum absolute atomic E-state index is 15.2. The van der Waals surface area contributed by atoms with Crippen molar-refractivity contribution >= 4 is 34.1 Å². The zero-order valence-electron chi connectivity index (χ0n) is 23.1. The predicted molar refractivity (Wildman–Crippen MR) is 160 cm³/mol. The Morgan fingerprint density at radius 2 is 1.69 bits per heavy atom. The third-order valence-electron chi connectivity index (χ3n) is 6.82. The Bertz CT molecular complexity index is 1910. The molecule has 42 heavy (non-hydrogen) atoms. The first-order valence-corrected chi connectivity index (χ1v) is 12.9. The van der Waals surface area contributed by atoms with Crippen molar-refractivity contribution in [3.05, 3.63) is 113 Å². The van der Waals surface area contributed by atoms with Crippen LogP contribution in [-0.4, -0.2) is 28.4 Å². The summed E-state index contributed by atoms with van der Waals surface area (Å²) in [5.41, 5.74) is 1.74. The zero-order valence-corrected chi connectivity index (χ0v) is 23.1. The number of ether oxygens (including phenoxy) is 2. The van der Waals surface area contributed by atoms with Crippen LogP contribution in [0.2, 0.25) is 0 Å². The number of carbonyl (C=O) groups is 2. The largest absolute Gasteiger partial charge is 0.495 e. The lowest BCUT2D eigenvalue weighted by atomic mass is 10.1. The first-order chi connectivity index (χ1) is 20.2. The number of aromatic nitrogens is 2. The molecule has 1 aromatic heterocycles. The molecule has 5 rings (SSSR count). The number of carbonyl (C=O) groups excluding carboxylic acids is 2. The Morgan fingerprint density at radius 1 is 0.929 bits per heavy atom. The number of rotatable bonds is 7. The van der Waals surface area contributed by atoms with Crippen LogP contribution < -0.4 is 25.7 Å². The molecule has 0 atom stereocenters. The Balaban J connectivity index is 1.41. The minimum atomic E-state index is -0.738.